The maximum atomic E-state index is 13.5. The van der Waals surface area contributed by atoms with Gasteiger partial charge >= 0.3 is 168 Å². The van der Waals surface area contributed by atoms with Crippen LogP contribution in [0.4, 0.5) is 31.1 Å². The Hall–Kier alpha value is -2.19. The number of alkyl halides is 6. The molecule has 3 rings (SSSR count). The number of hydrogen-bond donors (Lipinski definition) is 0. The van der Waals surface area contributed by atoms with E-state index < -0.39 is 60.0 Å². The van der Waals surface area contributed by atoms with Crippen molar-refractivity contribution in [2.24, 2.45) is 0 Å². The molecule has 29 heavy (non-hydrogen) atoms. The van der Waals surface area contributed by atoms with E-state index >= 15 is 0 Å². The molecule has 0 bridgehead atoms. The van der Waals surface area contributed by atoms with Crippen molar-refractivity contribution in [3.05, 3.63) is 65.2 Å². The summed E-state index contributed by atoms with van der Waals surface area (Å²) in [5.74, 6) is 0. The summed E-state index contributed by atoms with van der Waals surface area (Å²) in [5, 5.41) is 0. The van der Waals surface area contributed by atoms with Crippen molar-refractivity contribution in [1.29, 1.82) is 0 Å². The third-order valence-electron chi connectivity index (χ3n) is 4.21. The summed E-state index contributed by atoms with van der Waals surface area (Å²) in [4.78, 5) is 10.7. The topological polar surface area (TPSA) is 35.5 Å². The third-order valence-corrected chi connectivity index (χ3v) is 7.36. The van der Waals surface area contributed by atoms with Gasteiger partial charge in [-0.1, -0.05) is 0 Å². The van der Waals surface area contributed by atoms with Gasteiger partial charge in [0, 0.05) is 0 Å². The molecule has 1 fully saturated rings. The van der Waals surface area contributed by atoms with Crippen molar-refractivity contribution in [2.75, 3.05) is 6.61 Å². The summed E-state index contributed by atoms with van der Waals surface area (Å²) in [5.41, 5.74) is -2.16. The van der Waals surface area contributed by atoms with Crippen LogP contribution in [0.15, 0.2) is 48.5 Å². The Bertz CT molecular complexity index is 834. The monoisotopic (exact) mass is 484 g/mol. The van der Waals surface area contributed by atoms with Crippen LogP contribution in [0, 0.1) is 0 Å². The van der Waals surface area contributed by atoms with Gasteiger partial charge in [0.1, 0.15) is 0 Å². The second-order valence-electron chi connectivity index (χ2n) is 6.17. The Morgan fingerprint density at radius 2 is 1.48 bits per heavy atom. The Morgan fingerprint density at radius 3 is 2.00 bits per heavy atom. The first-order chi connectivity index (χ1) is 13.6. The fraction of sp³-hybridized carbons (Fsp3) is 0.316. The molecule has 0 N–H and O–H groups in total. The van der Waals surface area contributed by atoms with Gasteiger partial charge in [-0.25, -0.2) is 0 Å². The molecular weight excluding hydrogens is 469 g/mol. The zero-order valence-electron chi connectivity index (χ0n) is 14.6. The van der Waals surface area contributed by atoms with Crippen molar-refractivity contribution >= 4 is 25.6 Å². The fourth-order valence-corrected chi connectivity index (χ4v) is 6.10. The minimum atomic E-state index is -4.95. The standard InChI is InChI=1S/C19H14F6O3Se/c20-18(21,22)12-7-4-8-13(19(23,24)25)16(12)29-15(11-5-2-1-3-6-11)14-9-10-27-17(26)28-14/h1-8,14-15H,9-10H2/t14-,15+/m1/s1. The Labute approximate surface area is 168 Å². The summed E-state index contributed by atoms with van der Waals surface area (Å²) in [6.45, 7) is -0.0179. The molecule has 2 aromatic carbocycles. The van der Waals surface area contributed by atoms with Crippen molar-refractivity contribution in [3.63, 3.8) is 0 Å². The van der Waals surface area contributed by atoms with E-state index in [-0.39, 0.29) is 13.0 Å². The van der Waals surface area contributed by atoms with Gasteiger partial charge in [-0.3, -0.25) is 0 Å². The molecule has 1 saturated heterocycles. The summed E-state index contributed by atoms with van der Waals surface area (Å²) in [6, 6.07) is 10.2. The molecule has 10 heteroatoms. The van der Waals surface area contributed by atoms with Gasteiger partial charge in [-0.05, 0) is 0 Å². The summed E-state index contributed by atoms with van der Waals surface area (Å²) >= 11 is -1.35. The average Bonchev–Trinajstić information content (AvgIpc) is 2.65. The first-order valence-corrected chi connectivity index (χ1v) is 10.2. The second-order valence-corrected chi connectivity index (χ2v) is 8.59. The van der Waals surface area contributed by atoms with Gasteiger partial charge in [-0.15, -0.1) is 0 Å². The molecule has 2 atom stereocenters. The molecule has 1 heterocycles. The second kappa shape index (κ2) is 8.28. The normalized spacial score (nSPS) is 18.7. The first kappa shape index (κ1) is 21.5. The summed E-state index contributed by atoms with van der Waals surface area (Å²) in [6.07, 6.45) is -11.6. The Kier molecular flexibility index (Phi) is 6.14. The van der Waals surface area contributed by atoms with Crippen LogP contribution in [-0.4, -0.2) is 33.8 Å². The number of halogens is 6. The van der Waals surface area contributed by atoms with Gasteiger partial charge in [0.2, 0.25) is 0 Å². The third kappa shape index (κ3) is 5.05. The van der Waals surface area contributed by atoms with E-state index in [9.17, 15) is 31.1 Å². The molecule has 0 unspecified atom stereocenters. The molecule has 1 aliphatic rings. The van der Waals surface area contributed by atoms with Crippen LogP contribution in [0.25, 0.3) is 0 Å². The Balaban J connectivity index is 2.11. The van der Waals surface area contributed by atoms with Crippen LogP contribution in [0.1, 0.15) is 27.9 Å². The van der Waals surface area contributed by atoms with Crippen molar-refractivity contribution in [3.8, 4) is 0 Å². The van der Waals surface area contributed by atoms with Crippen molar-refractivity contribution in [1.82, 2.24) is 0 Å². The van der Waals surface area contributed by atoms with E-state index in [0.717, 1.165) is 6.07 Å². The molecule has 156 valence electrons. The van der Waals surface area contributed by atoms with E-state index in [2.05, 4.69) is 4.74 Å². The number of ether oxygens (including phenoxy) is 2. The molecule has 3 nitrogen and oxygen atoms in total. The van der Waals surface area contributed by atoms with Crippen LogP contribution in [0.2, 0.25) is 0 Å². The molecule has 1 aliphatic heterocycles. The van der Waals surface area contributed by atoms with Gasteiger partial charge in [0.05, 0.1) is 0 Å². The molecule has 0 radical (unpaired) electrons. The number of hydrogen-bond acceptors (Lipinski definition) is 3. The Morgan fingerprint density at radius 1 is 0.897 bits per heavy atom. The molecule has 0 aliphatic carbocycles. The van der Waals surface area contributed by atoms with E-state index in [0.29, 0.717) is 17.7 Å². The van der Waals surface area contributed by atoms with Crippen LogP contribution in [0.5, 0.6) is 0 Å². The van der Waals surface area contributed by atoms with Gasteiger partial charge < -0.3 is 0 Å². The molecule has 0 spiro atoms. The average molecular weight is 483 g/mol. The maximum absolute atomic E-state index is 13.5. The van der Waals surface area contributed by atoms with Gasteiger partial charge in [-0.2, -0.15) is 0 Å². The predicted octanol–water partition coefficient (Wildman–Crippen LogP) is 4.72. The van der Waals surface area contributed by atoms with Crippen LogP contribution in [0.3, 0.4) is 0 Å². The fourth-order valence-electron chi connectivity index (χ4n) is 2.93. The van der Waals surface area contributed by atoms with Crippen LogP contribution in [-0.2, 0) is 21.8 Å². The first-order valence-electron chi connectivity index (χ1n) is 8.40. The van der Waals surface area contributed by atoms with Crippen molar-refractivity contribution in [2.45, 2.75) is 29.7 Å². The van der Waals surface area contributed by atoms with E-state index in [1.807, 2.05) is 0 Å². The molecule has 0 amide bonds. The molecular formula is C19H14F6O3Se. The SMILES string of the molecule is O=C1OCC[C@H]([C@@H]([Se]c2c(C(F)(F)F)cccc2C(F)(F)F)c2ccccc2)O1. The molecule has 0 aromatic heterocycles. The van der Waals surface area contributed by atoms with Gasteiger partial charge in [0.25, 0.3) is 0 Å². The zero-order chi connectivity index (χ0) is 21.2. The minimum absolute atomic E-state index is 0.0179. The quantitative estimate of drug-likeness (QED) is 0.359. The summed E-state index contributed by atoms with van der Waals surface area (Å²) < 4.78 is 90.1. The molecule has 2 aromatic rings. The number of carbonyl (C=O) groups is 1. The van der Waals surface area contributed by atoms with Crippen LogP contribution >= 0.6 is 0 Å². The summed E-state index contributed by atoms with van der Waals surface area (Å²) in [7, 11) is 0. The van der Waals surface area contributed by atoms with E-state index in [4.69, 9.17) is 4.74 Å². The number of carbonyl (C=O) groups excluding carboxylic acids is 1. The van der Waals surface area contributed by atoms with E-state index in [1.54, 1.807) is 30.3 Å². The zero-order valence-corrected chi connectivity index (χ0v) is 16.3. The van der Waals surface area contributed by atoms with Crippen molar-refractivity contribution < 1.29 is 40.6 Å². The molecule has 0 saturated carbocycles. The predicted molar refractivity (Wildman–Crippen MR) is 91.9 cm³/mol. The number of rotatable bonds is 4. The number of cyclic esters (lactones) is 2. The van der Waals surface area contributed by atoms with Crippen LogP contribution < -0.4 is 4.46 Å². The number of benzene rings is 2. The van der Waals surface area contributed by atoms with Gasteiger partial charge in [0.15, 0.2) is 0 Å². The van der Waals surface area contributed by atoms with E-state index in [1.165, 1.54) is 0 Å².